The Hall–Kier alpha value is -1.11. The van der Waals surface area contributed by atoms with Crippen molar-refractivity contribution < 1.29 is 0 Å². The van der Waals surface area contributed by atoms with Crippen LogP contribution in [0.3, 0.4) is 0 Å². The van der Waals surface area contributed by atoms with Crippen LogP contribution in [0.25, 0.3) is 0 Å². The lowest BCUT2D eigenvalue weighted by atomic mass is 9.72. The van der Waals surface area contributed by atoms with E-state index in [-0.39, 0.29) is 6.29 Å². The number of anilines is 1. The summed E-state index contributed by atoms with van der Waals surface area (Å²) in [7, 11) is 0. The molecule has 6 heteroatoms. The largest absolute Gasteiger partial charge is 0.355 e. The number of hydrogen-bond acceptors (Lipinski definition) is 6. The molecule has 1 aromatic heterocycles. The maximum atomic E-state index is 6.19. The molecule has 2 aliphatic heterocycles. The van der Waals surface area contributed by atoms with Gasteiger partial charge in [-0.25, -0.2) is 4.99 Å². The van der Waals surface area contributed by atoms with E-state index in [0.29, 0.717) is 11.3 Å². The smallest absolute Gasteiger partial charge is 0.173 e. The number of aryl methyl sites for hydroxylation is 1. The second-order valence-corrected chi connectivity index (χ2v) is 9.67. The van der Waals surface area contributed by atoms with Crippen LogP contribution in [0.15, 0.2) is 4.99 Å². The van der Waals surface area contributed by atoms with Gasteiger partial charge in [0.1, 0.15) is 5.84 Å². The van der Waals surface area contributed by atoms with E-state index in [9.17, 15) is 0 Å². The highest BCUT2D eigenvalue weighted by atomic mass is 32.1. The van der Waals surface area contributed by atoms with Crippen molar-refractivity contribution in [1.82, 2.24) is 4.90 Å². The highest BCUT2D eigenvalue weighted by Gasteiger charge is 2.37. The van der Waals surface area contributed by atoms with E-state index in [1.54, 1.807) is 0 Å². The van der Waals surface area contributed by atoms with E-state index in [0.717, 1.165) is 37.8 Å². The summed E-state index contributed by atoms with van der Waals surface area (Å²) in [6, 6.07) is 0. The Labute approximate surface area is 148 Å². The SMILES string of the molecule is CC(C)(C)C1CCc2sc3c(c2C1)NC(N)N=C3N1CC(CN)C1. The fourth-order valence-corrected chi connectivity index (χ4v) is 5.45. The molecule has 3 aliphatic rings. The van der Waals surface area contributed by atoms with E-state index < -0.39 is 0 Å². The first-order valence-electron chi connectivity index (χ1n) is 9.06. The highest BCUT2D eigenvalue weighted by Crippen LogP contribution is 2.46. The molecule has 1 fully saturated rings. The minimum Gasteiger partial charge on any atom is -0.355 e. The average molecular weight is 348 g/mol. The molecule has 2 atom stereocenters. The van der Waals surface area contributed by atoms with E-state index in [1.165, 1.54) is 33.8 Å². The Kier molecular flexibility index (Phi) is 3.90. The van der Waals surface area contributed by atoms with Crippen molar-refractivity contribution >= 4 is 22.9 Å². The van der Waals surface area contributed by atoms with Crippen LogP contribution in [0.2, 0.25) is 0 Å². The average Bonchev–Trinajstić information content (AvgIpc) is 2.83. The number of amidine groups is 1. The van der Waals surface area contributed by atoms with E-state index in [1.807, 2.05) is 11.3 Å². The molecule has 1 aromatic rings. The van der Waals surface area contributed by atoms with Gasteiger partial charge in [0, 0.05) is 23.9 Å². The summed E-state index contributed by atoms with van der Waals surface area (Å²) in [5, 5.41) is 3.45. The lowest BCUT2D eigenvalue weighted by Gasteiger charge is -2.42. The van der Waals surface area contributed by atoms with Gasteiger partial charge < -0.3 is 16.0 Å². The maximum absolute atomic E-state index is 6.19. The number of nitrogens with one attached hydrogen (secondary N) is 1. The summed E-state index contributed by atoms with van der Waals surface area (Å²) in [4.78, 5) is 9.88. The monoisotopic (exact) mass is 347 g/mol. The number of aliphatic imine (C=N–C) groups is 1. The predicted octanol–water partition coefficient (Wildman–Crippen LogP) is 2.20. The Morgan fingerprint density at radius 1 is 1.33 bits per heavy atom. The molecule has 1 aliphatic carbocycles. The zero-order valence-electron chi connectivity index (χ0n) is 14.9. The van der Waals surface area contributed by atoms with Gasteiger partial charge >= 0.3 is 0 Å². The first kappa shape index (κ1) is 16.4. The van der Waals surface area contributed by atoms with Crippen LogP contribution >= 0.6 is 11.3 Å². The van der Waals surface area contributed by atoms with Gasteiger partial charge in [0.05, 0.1) is 10.6 Å². The summed E-state index contributed by atoms with van der Waals surface area (Å²) in [5.41, 5.74) is 15.1. The number of thiophene rings is 1. The fraction of sp³-hybridized carbons (Fsp3) is 0.722. The summed E-state index contributed by atoms with van der Waals surface area (Å²) >= 11 is 1.93. The first-order valence-corrected chi connectivity index (χ1v) is 9.88. The van der Waals surface area contributed by atoms with Crippen LogP contribution in [0.1, 0.15) is 42.5 Å². The number of hydrogen-bond donors (Lipinski definition) is 3. The van der Waals surface area contributed by atoms with Gasteiger partial charge in [-0.05, 0) is 42.7 Å². The van der Waals surface area contributed by atoms with E-state index >= 15 is 0 Å². The normalized spacial score (nSPS) is 27.0. The lowest BCUT2D eigenvalue weighted by Crippen LogP contribution is -2.54. The van der Waals surface area contributed by atoms with Crippen molar-refractivity contribution in [3.8, 4) is 0 Å². The molecule has 1 saturated heterocycles. The highest BCUT2D eigenvalue weighted by molar-refractivity contribution is 7.15. The van der Waals surface area contributed by atoms with Gasteiger partial charge in [0.15, 0.2) is 6.29 Å². The third kappa shape index (κ3) is 2.65. The molecule has 24 heavy (non-hydrogen) atoms. The lowest BCUT2D eigenvalue weighted by molar-refractivity contribution is 0.194. The third-order valence-corrected chi connectivity index (χ3v) is 7.12. The fourth-order valence-electron chi connectivity index (χ4n) is 4.12. The molecular formula is C18H29N5S. The molecule has 0 aromatic carbocycles. The molecule has 0 radical (unpaired) electrons. The molecule has 0 saturated carbocycles. The van der Waals surface area contributed by atoms with Crippen LogP contribution in [0, 0.1) is 17.3 Å². The van der Waals surface area contributed by atoms with Crippen LogP contribution in [0.4, 0.5) is 5.69 Å². The minimum atomic E-state index is -0.335. The van der Waals surface area contributed by atoms with Gasteiger partial charge in [0.2, 0.25) is 0 Å². The zero-order chi connectivity index (χ0) is 17.1. The second kappa shape index (κ2) is 5.71. The van der Waals surface area contributed by atoms with Crippen LogP contribution < -0.4 is 16.8 Å². The first-order chi connectivity index (χ1) is 11.4. The molecule has 5 nitrogen and oxygen atoms in total. The second-order valence-electron chi connectivity index (χ2n) is 8.56. The van der Waals surface area contributed by atoms with Crippen molar-refractivity contribution in [3.05, 3.63) is 15.3 Å². The third-order valence-electron chi connectivity index (χ3n) is 5.83. The molecule has 5 N–H and O–H groups in total. The van der Waals surface area contributed by atoms with Crippen molar-refractivity contribution in [1.29, 1.82) is 0 Å². The quantitative estimate of drug-likeness (QED) is 0.728. The molecular weight excluding hydrogens is 318 g/mol. The number of nitrogens with two attached hydrogens (primary N) is 2. The summed E-state index contributed by atoms with van der Waals surface area (Å²) in [6.45, 7) is 9.86. The minimum absolute atomic E-state index is 0.335. The van der Waals surface area contributed by atoms with Crippen molar-refractivity contribution in [3.63, 3.8) is 0 Å². The Morgan fingerprint density at radius 2 is 2.08 bits per heavy atom. The van der Waals surface area contributed by atoms with Crippen molar-refractivity contribution in [2.24, 2.45) is 33.7 Å². The standard InChI is InChI=1S/C18H29N5S/c1-18(2,3)11-4-5-13-12(6-11)14-15(24-13)16(22-17(20)21-14)23-8-10(7-19)9-23/h10-11,17,21H,4-9,19-20H2,1-3H3. The Bertz CT molecular complexity index is 666. The molecule has 0 spiro atoms. The molecule has 3 heterocycles. The maximum Gasteiger partial charge on any atom is 0.173 e. The van der Waals surface area contributed by atoms with Crippen molar-refractivity contribution in [2.45, 2.75) is 46.3 Å². The van der Waals surface area contributed by atoms with Crippen LogP contribution in [-0.2, 0) is 12.8 Å². The van der Waals surface area contributed by atoms with E-state index in [2.05, 4.69) is 31.0 Å². The van der Waals surface area contributed by atoms with Gasteiger partial charge in [-0.15, -0.1) is 11.3 Å². The molecule has 4 rings (SSSR count). The molecule has 2 unspecified atom stereocenters. The number of likely N-dealkylation sites (tertiary alicyclic amines) is 1. The van der Waals surface area contributed by atoms with Crippen LogP contribution in [-0.4, -0.2) is 36.7 Å². The number of fused-ring (bicyclic) bond motifs is 3. The Morgan fingerprint density at radius 3 is 2.75 bits per heavy atom. The summed E-state index contributed by atoms with van der Waals surface area (Å²) in [6.07, 6.45) is 3.29. The Balaban J connectivity index is 1.65. The summed E-state index contributed by atoms with van der Waals surface area (Å²) in [5.74, 6) is 2.42. The molecule has 0 amide bonds. The van der Waals surface area contributed by atoms with Gasteiger partial charge in [-0.3, -0.25) is 5.73 Å². The topological polar surface area (TPSA) is 79.7 Å². The predicted molar refractivity (Wildman–Crippen MR) is 102 cm³/mol. The molecule has 0 bridgehead atoms. The van der Waals surface area contributed by atoms with E-state index in [4.69, 9.17) is 16.5 Å². The van der Waals surface area contributed by atoms with Gasteiger partial charge in [-0.2, -0.15) is 0 Å². The van der Waals surface area contributed by atoms with Gasteiger partial charge in [0.25, 0.3) is 0 Å². The van der Waals surface area contributed by atoms with Gasteiger partial charge in [-0.1, -0.05) is 20.8 Å². The zero-order valence-corrected chi connectivity index (χ0v) is 15.7. The summed E-state index contributed by atoms with van der Waals surface area (Å²) < 4.78 is 0. The van der Waals surface area contributed by atoms with Crippen molar-refractivity contribution in [2.75, 3.05) is 25.0 Å². The molecule has 132 valence electrons. The number of nitrogens with zero attached hydrogens (tertiary/aromatic N) is 2. The van der Waals surface area contributed by atoms with Crippen LogP contribution in [0.5, 0.6) is 0 Å². The number of rotatable bonds is 1.